The minimum atomic E-state index is -1.00. The van der Waals surface area contributed by atoms with Gasteiger partial charge in [0.15, 0.2) is 0 Å². The Labute approximate surface area is 117 Å². The number of aromatic nitrogens is 1. The average molecular weight is 334 g/mol. The lowest BCUT2D eigenvalue weighted by atomic mass is 10.2. The first kappa shape index (κ1) is 15.3. The van der Waals surface area contributed by atoms with Crippen molar-refractivity contribution in [1.29, 1.82) is 0 Å². The Bertz CT molecular complexity index is 482. The van der Waals surface area contributed by atoms with Crippen LogP contribution in [0.4, 0.5) is 11.4 Å². The molecule has 1 rings (SSSR count). The molecular weight excluding hydrogens is 322 g/mol. The second-order valence-corrected chi connectivity index (χ2v) is 4.46. The molecule has 0 radical (unpaired) electrons. The number of anilines is 1. The maximum absolute atomic E-state index is 10.8. The van der Waals surface area contributed by atoms with Crippen molar-refractivity contribution in [2.24, 2.45) is 0 Å². The Morgan fingerprint density at radius 1 is 1.68 bits per heavy atom. The normalized spacial score (nSPS) is 11.9. The van der Waals surface area contributed by atoms with Crippen molar-refractivity contribution in [3.63, 3.8) is 0 Å². The monoisotopic (exact) mass is 333 g/mol. The summed E-state index contributed by atoms with van der Waals surface area (Å²) in [6, 6.07) is 0. The van der Waals surface area contributed by atoms with Crippen molar-refractivity contribution in [2.75, 3.05) is 19.0 Å². The molecule has 8 nitrogen and oxygen atoms in total. The van der Waals surface area contributed by atoms with Gasteiger partial charge in [0.25, 0.3) is 0 Å². The first-order valence-corrected chi connectivity index (χ1v) is 6.01. The second kappa shape index (κ2) is 7.00. The molecule has 104 valence electrons. The Balaban J connectivity index is 2.81. The molecule has 0 bridgehead atoms. The molecule has 0 aromatic carbocycles. The van der Waals surface area contributed by atoms with E-state index in [1.165, 1.54) is 13.3 Å². The number of pyridine rings is 1. The predicted octanol–water partition coefficient (Wildman–Crippen LogP) is 1.65. The van der Waals surface area contributed by atoms with Gasteiger partial charge in [-0.25, -0.2) is 0 Å². The molecule has 0 fully saturated rings. The van der Waals surface area contributed by atoms with Crippen molar-refractivity contribution < 1.29 is 19.6 Å². The number of carboxylic acids is 1. The molecule has 0 saturated carbocycles. The van der Waals surface area contributed by atoms with Crippen LogP contribution in [0.15, 0.2) is 16.9 Å². The topological polar surface area (TPSA) is 115 Å². The zero-order valence-corrected chi connectivity index (χ0v) is 11.6. The van der Waals surface area contributed by atoms with Crippen LogP contribution in [0.3, 0.4) is 0 Å². The van der Waals surface area contributed by atoms with Crippen LogP contribution < -0.4 is 5.32 Å². The zero-order valence-electron chi connectivity index (χ0n) is 10.00. The zero-order chi connectivity index (χ0) is 14.4. The number of hydrogen-bond donors (Lipinski definition) is 2. The van der Waals surface area contributed by atoms with Gasteiger partial charge in [0.1, 0.15) is 11.9 Å². The van der Waals surface area contributed by atoms with E-state index in [-0.39, 0.29) is 24.3 Å². The van der Waals surface area contributed by atoms with Gasteiger partial charge in [-0.15, -0.1) is 0 Å². The number of carboxylic acid groups (broad SMARTS) is 1. The molecule has 0 aliphatic carbocycles. The molecule has 1 atom stereocenters. The minimum Gasteiger partial charge on any atom is -0.481 e. The van der Waals surface area contributed by atoms with E-state index in [0.717, 1.165) is 6.20 Å². The number of carbonyl (C=O) groups is 1. The summed E-state index contributed by atoms with van der Waals surface area (Å²) < 4.78 is 5.40. The number of nitro groups is 1. The van der Waals surface area contributed by atoms with E-state index in [4.69, 9.17) is 9.84 Å². The third-order valence-corrected chi connectivity index (χ3v) is 2.92. The molecule has 2 N–H and O–H groups in total. The van der Waals surface area contributed by atoms with Crippen LogP contribution in [-0.4, -0.2) is 40.7 Å². The first-order chi connectivity index (χ1) is 8.95. The third-order valence-electron chi connectivity index (χ3n) is 2.32. The minimum absolute atomic E-state index is 0.131. The van der Waals surface area contributed by atoms with E-state index in [1.54, 1.807) is 0 Å². The number of aliphatic carboxylic acids is 1. The molecule has 0 aliphatic rings. The Hall–Kier alpha value is -1.74. The van der Waals surface area contributed by atoms with Gasteiger partial charge >= 0.3 is 11.7 Å². The summed E-state index contributed by atoms with van der Waals surface area (Å²) >= 11 is 3.15. The summed E-state index contributed by atoms with van der Waals surface area (Å²) in [5.41, 5.74) is 0.0481. The summed E-state index contributed by atoms with van der Waals surface area (Å²) in [4.78, 5) is 24.6. The first-order valence-electron chi connectivity index (χ1n) is 5.22. The lowest BCUT2D eigenvalue weighted by Crippen LogP contribution is -2.25. The lowest BCUT2D eigenvalue weighted by molar-refractivity contribution is -0.384. The standard InChI is InChI=1S/C10H12BrN3O5/c1-19-6(2-9(15)16)3-13-10-7(11)4-12-5-8(10)14(17)18/h4-6H,2-3H2,1H3,(H,12,13)(H,15,16). The van der Waals surface area contributed by atoms with Crippen molar-refractivity contribution >= 4 is 33.3 Å². The maximum atomic E-state index is 10.8. The largest absolute Gasteiger partial charge is 0.481 e. The van der Waals surface area contributed by atoms with Crippen molar-refractivity contribution in [3.05, 3.63) is 27.0 Å². The van der Waals surface area contributed by atoms with Gasteiger partial charge in [-0.3, -0.25) is 19.9 Å². The third kappa shape index (κ3) is 4.45. The number of nitrogens with zero attached hydrogens (tertiary/aromatic N) is 2. The van der Waals surface area contributed by atoms with Crippen molar-refractivity contribution in [2.45, 2.75) is 12.5 Å². The SMILES string of the molecule is COC(CNc1c(Br)cncc1[N+](=O)[O-])CC(=O)O. The van der Waals surface area contributed by atoms with Crippen molar-refractivity contribution in [1.82, 2.24) is 4.98 Å². The molecule has 19 heavy (non-hydrogen) atoms. The fourth-order valence-corrected chi connectivity index (χ4v) is 1.85. The smallest absolute Gasteiger partial charge is 0.311 e. The van der Waals surface area contributed by atoms with Crippen LogP contribution in [0.1, 0.15) is 6.42 Å². The van der Waals surface area contributed by atoms with Crippen molar-refractivity contribution in [3.8, 4) is 0 Å². The fraction of sp³-hybridized carbons (Fsp3) is 0.400. The van der Waals surface area contributed by atoms with Gasteiger partial charge in [0.2, 0.25) is 0 Å². The highest BCUT2D eigenvalue weighted by molar-refractivity contribution is 9.10. The van der Waals surface area contributed by atoms with E-state index in [1.807, 2.05) is 0 Å². The van der Waals surface area contributed by atoms with Gasteiger partial charge in [-0.05, 0) is 15.9 Å². The number of hydrogen-bond acceptors (Lipinski definition) is 6. The number of nitrogens with one attached hydrogen (secondary N) is 1. The van der Waals surface area contributed by atoms with Gasteiger partial charge in [-0.1, -0.05) is 0 Å². The summed E-state index contributed by atoms with van der Waals surface area (Å²) in [6.07, 6.45) is 1.75. The van der Waals surface area contributed by atoms with E-state index < -0.39 is 17.0 Å². The van der Waals surface area contributed by atoms with Crippen LogP contribution >= 0.6 is 15.9 Å². The highest BCUT2D eigenvalue weighted by atomic mass is 79.9. The second-order valence-electron chi connectivity index (χ2n) is 3.61. The summed E-state index contributed by atoms with van der Waals surface area (Å²) in [5, 5.41) is 22.3. The van der Waals surface area contributed by atoms with E-state index in [2.05, 4.69) is 26.2 Å². The quantitative estimate of drug-likeness (QED) is 0.575. The van der Waals surface area contributed by atoms with E-state index in [0.29, 0.717) is 4.47 Å². The molecule has 0 amide bonds. The molecule has 0 spiro atoms. The molecule has 1 heterocycles. The fourth-order valence-electron chi connectivity index (χ4n) is 1.39. The van der Waals surface area contributed by atoms with Gasteiger partial charge in [-0.2, -0.15) is 0 Å². The van der Waals surface area contributed by atoms with Gasteiger partial charge < -0.3 is 15.2 Å². The van der Waals surface area contributed by atoms with Gasteiger partial charge in [0, 0.05) is 19.9 Å². The van der Waals surface area contributed by atoms with Crippen LogP contribution in [-0.2, 0) is 9.53 Å². The molecular formula is C10H12BrN3O5. The highest BCUT2D eigenvalue weighted by Gasteiger charge is 2.19. The summed E-state index contributed by atoms with van der Waals surface area (Å²) in [7, 11) is 1.38. The maximum Gasteiger partial charge on any atom is 0.311 e. The number of methoxy groups -OCH3 is 1. The molecule has 0 saturated heterocycles. The molecule has 9 heteroatoms. The van der Waals surface area contributed by atoms with E-state index in [9.17, 15) is 14.9 Å². The molecule has 1 aromatic heterocycles. The van der Waals surface area contributed by atoms with Crippen LogP contribution in [0.2, 0.25) is 0 Å². The molecule has 1 unspecified atom stereocenters. The van der Waals surface area contributed by atoms with E-state index >= 15 is 0 Å². The van der Waals surface area contributed by atoms with Crippen LogP contribution in [0.25, 0.3) is 0 Å². The number of halogens is 1. The Morgan fingerprint density at radius 3 is 2.89 bits per heavy atom. The molecule has 0 aliphatic heterocycles. The van der Waals surface area contributed by atoms with Crippen LogP contribution in [0, 0.1) is 10.1 Å². The Kier molecular flexibility index (Phi) is 5.64. The highest BCUT2D eigenvalue weighted by Crippen LogP contribution is 2.30. The van der Waals surface area contributed by atoms with Gasteiger partial charge in [0.05, 0.1) is 21.9 Å². The number of rotatable bonds is 7. The van der Waals surface area contributed by atoms with Crippen LogP contribution in [0.5, 0.6) is 0 Å². The Morgan fingerprint density at radius 2 is 2.37 bits per heavy atom. The summed E-state index contributed by atoms with van der Waals surface area (Å²) in [6.45, 7) is 0.131. The number of ether oxygens (including phenoxy) is 1. The lowest BCUT2D eigenvalue weighted by Gasteiger charge is -2.15. The summed E-state index contributed by atoms with van der Waals surface area (Å²) in [5.74, 6) is -1.00. The molecule has 1 aromatic rings. The predicted molar refractivity (Wildman–Crippen MR) is 70.1 cm³/mol. The average Bonchev–Trinajstić information content (AvgIpc) is 2.34.